The van der Waals surface area contributed by atoms with E-state index in [4.69, 9.17) is 16.1 Å². The Morgan fingerprint density at radius 1 is 1.27 bits per heavy atom. The first kappa shape index (κ1) is 16.7. The summed E-state index contributed by atoms with van der Waals surface area (Å²) < 4.78 is 44.0. The van der Waals surface area contributed by atoms with Crippen molar-refractivity contribution < 1.29 is 17.7 Å². The van der Waals surface area contributed by atoms with E-state index in [1.165, 1.54) is 18.9 Å². The second kappa shape index (κ2) is 5.52. The third-order valence-corrected chi connectivity index (χ3v) is 6.69. The van der Waals surface area contributed by atoms with Crippen LogP contribution in [0.3, 0.4) is 0 Å². The predicted molar refractivity (Wildman–Crippen MR) is 92.5 cm³/mol. The van der Waals surface area contributed by atoms with Gasteiger partial charge in [-0.15, -0.1) is 0 Å². The monoisotopic (exact) mass is 385 g/mol. The zero-order valence-corrected chi connectivity index (χ0v) is 14.8. The summed E-state index contributed by atoms with van der Waals surface area (Å²) in [7, 11) is 0. The van der Waals surface area contributed by atoms with Crippen LogP contribution in [0.1, 0.15) is 31.2 Å². The van der Waals surface area contributed by atoms with Gasteiger partial charge in [-0.05, 0) is 56.8 Å². The van der Waals surface area contributed by atoms with Crippen LogP contribution in [-0.2, 0) is 6.42 Å². The fourth-order valence-electron chi connectivity index (χ4n) is 4.97. The van der Waals surface area contributed by atoms with E-state index in [2.05, 4.69) is 15.4 Å². The molecular weight excluding hydrogens is 367 g/mol. The van der Waals surface area contributed by atoms with Crippen molar-refractivity contribution in [1.29, 1.82) is 0 Å². The van der Waals surface area contributed by atoms with Gasteiger partial charge in [0, 0.05) is 22.2 Å². The molecule has 1 aromatic carbocycles. The van der Waals surface area contributed by atoms with Crippen molar-refractivity contribution in [3.63, 3.8) is 0 Å². The van der Waals surface area contributed by atoms with Crippen molar-refractivity contribution in [1.82, 2.24) is 10.1 Å². The number of halogens is 4. The van der Waals surface area contributed by atoms with Crippen LogP contribution < -0.4 is 5.32 Å². The van der Waals surface area contributed by atoms with E-state index >= 15 is 0 Å². The number of fused-ring (bicyclic) bond motifs is 3. The van der Waals surface area contributed by atoms with Crippen molar-refractivity contribution in [2.24, 2.45) is 5.92 Å². The molecule has 0 amide bonds. The molecule has 2 bridgehead atoms. The number of nitrogens with zero attached hydrogens (tertiary/aromatic N) is 2. The maximum Gasteiger partial charge on any atom is 0.393 e. The lowest BCUT2D eigenvalue weighted by atomic mass is 9.77. The van der Waals surface area contributed by atoms with Crippen LogP contribution in [0.15, 0.2) is 16.7 Å². The number of piperidine rings is 3. The lowest BCUT2D eigenvalue weighted by Crippen LogP contribution is -2.62. The molecule has 1 aromatic heterocycles. The first-order valence-corrected chi connectivity index (χ1v) is 9.40. The molecule has 4 heterocycles. The molecule has 0 unspecified atom stereocenters. The highest BCUT2D eigenvalue weighted by atomic mass is 35.5. The molecule has 4 fully saturated rings. The number of aromatic nitrogens is 1. The maximum atomic E-state index is 12.9. The van der Waals surface area contributed by atoms with Gasteiger partial charge in [0.05, 0.1) is 11.8 Å². The van der Waals surface area contributed by atoms with Crippen molar-refractivity contribution in [3.05, 3.63) is 22.7 Å². The van der Waals surface area contributed by atoms with Gasteiger partial charge < -0.3 is 9.84 Å². The van der Waals surface area contributed by atoms with Gasteiger partial charge in [-0.1, -0.05) is 16.8 Å². The summed E-state index contributed by atoms with van der Waals surface area (Å²) in [5.74, 6) is 1.11. The molecule has 1 atom stereocenters. The second-order valence-corrected chi connectivity index (χ2v) is 8.18. The van der Waals surface area contributed by atoms with Gasteiger partial charge >= 0.3 is 6.18 Å². The van der Waals surface area contributed by atoms with Gasteiger partial charge in [-0.3, -0.25) is 4.90 Å². The molecule has 0 radical (unpaired) electrons. The number of nitrogens with one attached hydrogen (secondary N) is 1. The summed E-state index contributed by atoms with van der Waals surface area (Å²) in [6.45, 7) is 2.29. The number of alkyl halides is 3. The van der Waals surface area contributed by atoms with E-state index in [0.717, 1.165) is 25.9 Å². The fourth-order valence-corrected chi connectivity index (χ4v) is 5.19. The largest absolute Gasteiger partial charge is 0.393 e. The lowest BCUT2D eigenvalue weighted by Gasteiger charge is -2.52. The molecule has 2 aromatic rings. The molecule has 8 heteroatoms. The molecule has 4 aliphatic rings. The molecule has 1 spiro atoms. The van der Waals surface area contributed by atoms with Crippen molar-refractivity contribution in [2.45, 2.75) is 49.9 Å². The Balaban J connectivity index is 1.50. The Kier molecular flexibility index (Phi) is 3.54. The Morgan fingerprint density at radius 3 is 2.65 bits per heavy atom. The first-order valence-electron chi connectivity index (χ1n) is 9.02. The molecule has 3 aliphatic heterocycles. The minimum absolute atomic E-state index is 0.0488. The highest BCUT2D eigenvalue weighted by Crippen LogP contribution is 2.54. The van der Waals surface area contributed by atoms with E-state index in [-0.39, 0.29) is 27.7 Å². The molecule has 26 heavy (non-hydrogen) atoms. The SMILES string of the molecule is FC(F)(F)Cc1c(Cl)ccc2c(N[C@H]3C4CCN(CC4)C34CC4)noc12. The highest BCUT2D eigenvalue weighted by Gasteiger charge is 2.60. The smallest absolute Gasteiger partial charge is 0.362 e. The quantitative estimate of drug-likeness (QED) is 0.836. The zero-order chi connectivity index (χ0) is 18.1. The topological polar surface area (TPSA) is 41.3 Å². The number of hydrogen-bond acceptors (Lipinski definition) is 4. The van der Waals surface area contributed by atoms with E-state index in [9.17, 15) is 13.2 Å². The van der Waals surface area contributed by atoms with E-state index in [1.54, 1.807) is 6.07 Å². The third-order valence-electron chi connectivity index (χ3n) is 6.34. The van der Waals surface area contributed by atoms with Crippen molar-refractivity contribution in [2.75, 3.05) is 18.4 Å². The molecule has 1 N–H and O–H groups in total. The van der Waals surface area contributed by atoms with Gasteiger partial charge in [0.1, 0.15) is 0 Å². The number of benzene rings is 1. The summed E-state index contributed by atoms with van der Waals surface area (Å²) >= 11 is 6.00. The minimum Gasteiger partial charge on any atom is -0.362 e. The molecule has 6 rings (SSSR count). The standard InChI is InChI=1S/C18H19ClF3N3O/c19-13-2-1-11-14(12(13)9-18(20,21)22)26-24-16(11)23-15-10-3-7-25(8-4-10)17(15)5-6-17/h1-2,10,15H,3-9H2,(H,23,24)/t15-/m0/s1. The Labute approximate surface area is 153 Å². The molecule has 4 nitrogen and oxygen atoms in total. The van der Waals surface area contributed by atoms with Gasteiger partial charge in [-0.25, -0.2) is 0 Å². The van der Waals surface area contributed by atoms with Gasteiger partial charge in [0.25, 0.3) is 0 Å². The van der Waals surface area contributed by atoms with Crippen LogP contribution in [0.25, 0.3) is 11.0 Å². The number of hydrogen-bond donors (Lipinski definition) is 1. The normalized spacial score (nSPS) is 29.5. The zero-order valence-electron chi connectivity index (χ0n) is 14.1. The van der Waals surface area contributed by atoms with Crippen LogP contribution in [0.2, 0.25) is 5.02 Å². The molecule has 1 aliphatic carbocycles. The Bertz CT molecular complexity index is 853. The predicted octanol–water partition coefficient (Wildman–Crippen LogP) is 4.62. The Morgan fingerprint density at radius 2 is 2.00 bits per heavy atom. The summed E-state index contributed by atoms with van der Waals surface area (Å²) in [5, 5.41) is 8.22. The second-order valence-electron chi connectivity index (χ2n) is 7.78. The van der Waals surface area contributed by atoms with Crippen LogP contribution >= 0.6 is 11.6 Å². The summed E-state index contributed by atoms with van der Waals surface area (Å²) in [6.07, 6.45) is -0.835. The van der Waals surface area contributed by atoms with E-state index in [1.807, 2.05) is 0 Å². The van der Waals surface area contributed by atoms with E-state index < -0.39 is 12.6 Å². The molecule has 1 saturated carbocycles. The van der Waals surface area contributed by atoms with Gasteiger partial charge in [0.2, 0.25) is 0 Å². The first-order chi connectivity index (χ1) is 12.4. The highest BCUT2D eigenvalue weighted by molar-refractivity contribution is 6.32. The minimum atomic E-state index is -4.35. The van der Waals surface area contributed by atoms with Crippen molar-refractivity contribution in [3.8, 4) is 0 Å². The average Bonchev–Trinajstić information content (AvgIpc) is 3.27. The van der Waals surface area contributed by atoms with E-state index in [0.29, 0.717) is 17.1 Å². The third kappa shape index (κ3) is 2.51. The van der Waals surface area contributed by atoms with Crippen LogP contribution in [0.5, 0.6) is 0 Å². The average molecular weight is 386 g/mol. The van der Waals surface area contributed by atoms with Crippen LogP contribution in [-0.4, -0.2) is 40.9 Å². The lowest BCUT2D eigenvalue weighted by molar-refractivity contribution is -0.127. The number of rotatable bonds is 3. The number of anilines is 1. The molecule has 140 valence electrons. The molecular formula is C18H19ClF3N3O. The Hall–Kier alpha value is -1.47. The summed E-state index contributed by atoms with van der Waals surface area (Å²) in [4.78, 5) is 2.57. The van der Waals surface area contributed by atoms with Crippen LogP contribution in [0.4, 0.5) is 19.0 Å². The fraction of sp³-hybridized carbons (Fsp3) is 0.611. The van der Waals surface area contributed by atoms with Crippen molar-refractivity contribution >= 4 is 28.4 Å². The van der Waals surface area contributed by atoms with Gasteiger partial charge in [0.15, 0.2) is 11.4 Å². The summed E-state index contributed by atoms with van der Waals surface area (Å²) in [6, 6.07) is 3.47. The van der Waals surface area contributed by atoms with Crippen LogP contribution in [0, 0.1) is 5.92 Å². The van der Waals surface area contributed by atoms with Gasteiger partial charge in [-0.2, -0.15) is 13.2 Å². The maximum absolute atomic E-state index is 12.9. The summed E-state index contributed by atoms with van der Waals surface area (Å²) in [5.41, 5.74) is 0.281. The molecule has 3 saturated heterocycles.